The predicted octanol–water partition coefficient (Wildman–Crippen LogP) is 2.48. The molecule has 1 heterocycles. The monoisotopic (exact) mass is 288 g/mol. The van der Waals surface area contributed by atoms with Crippen molar-refractivity contribution in [3.05, 3.63) is 0 Å². The van der Waals surface area contributed by atoms with Crippen LogP contribution in [0.2, 0.25) is 0 Å². The van der Waals surface area contributed by atoms with Crippen molar-refractivity contribution in [2.24, 2.45) is 5.73 Å². The van der Waals surface area contributed by atoms with Crippen LogP contribution in [0.4, 0.5) is 13.2 Å². The molecule has 1 aliphatic heterocycles. The minimum Gasteiger partial charge on any atom is -0.340 e. The van der Waals surface area contributed by atoms with Crippen molar-refractivity contribution in [2.75, 3.05) is 13.1 Å². The first-order valence-corrected chi connectivity index (χ1v) is 6.00. The van der Waals surface area contributed by atoms with Crippen LogP contribution >= 0.6 is 12.4 Å². The topological polar surface area (TPSA) is 46.3 Å². The lowest BCUT2D eigenvalue weighted by molar-refractivity contribution is -0.151. The normalized spacial score (nSPS) is 20.4. The third-order valence-corrected chi connectivity index (χ3v) is 3.07. The number of nitrogens with zero attached hydrogens (tertiary/aromatic N) is 1. The van der Waals surface area contributed by atoms with Crippen molar-refractivity contribution in [2.45, 2.75) is 50.7 Å². The zero-order chi connectivity index (χ0) is 12.9. The number of likely N-dealkylation sites (tertiary alicyclic amines) is 1. The molecule has 1 atom stereocenters. The highest BCUT2D eigenvalue weighted by Gasteiger charge is 2.31. The summed E-state index contributed by atoms with van der Waals surface area (Å²) in [5, 5.41) is 0. The summed E-state index contributed by atoms with van der Waals surface area (Å²) >= 11 is 0. The molecule has 0 radical (unpaired) electrons. The highest BCUT2D eigenvalue weighted by atomic mass is 35.5. The number of carbonyl (C=O) groups excluding carboxylic acids is 1. The maximum atomic E-state index is 12.0. The van der Waals surface area contributed by atoms with E-state index in [1.54, 1.807) is 4.90 Å². The van der Waals surface area contributed by atoms with E-state index in [1.807, 2.05) is 0 Å². The molecule has 0 bridgehead atoms. The fourth-order valence-corrected chi connectivity index (χ4v) is 2.21. The van der Waals surface area contributed by atoms with E-state index in [1.165, 1.54) is 0 Å². The second-order valence-electron chi connectivity index (χ2n) is 4.43. The van der Waals surface area contributed by atoms with Gasteiger partial charge in [0, 0.05) is 19.0 Å². The molecule has 0 aromatic carbocycles. The largest absolute Gasteiger partial charge is 0.389 e. The molecule has 0 aromatic rings. The van der Waals surface area contributed by atoms with Gasteiger partial charge in [-0.3, -0.25) is 4.79 Å². The highest BCUT2D eigenvalue weighted by molar-refractivity contribution is 5.85. The van der Waals surface area contributed by atoms with Gasteiger partial charge in [0.15, 0.2) is 0 Å². The Bertz CT molecular complexity index is 259. The van der Waals surface area contributed by atoms with Gasteiger partial charge in [0.1, 0.15) is 0 Å². The van der Waals surface area contributed by atoms with Crippen molar-refractivity contribution in [1.29, 1.82) is 0 Å². The maximum Gasteiger partial charge on any atom is 0.389 e. The van der Waals surface area contributed by atoms with Gasteiger partial charge in [-0.1, -0.05) is 0 Å². The number of hydrogen-bond donors (Lipinski definition) is 1. The summed E-state index contributed by atoms with van der Waals surface area (Å²) in [7, 11) is 0. The van der Waals surface area contributed by atoms with E-state index >= 15 is 0 Å². The van der Waals surface area contributed by atoms with E-state index in [0.29, 0.717) is 19.5 Å². The third-order valence-electron chi connectivity index (χ3n) is 3.07. The summed E-state index contributed by atoms with van der Waals surface area (Å²) in [4.78, 5) is 13.3. The van der Waals surface area contributed by atoms with Crippen molar-refractivity contribution in [1.82, 2.24) is 4.90 Å². The maximum absolute atomic E-state index is 12.0. The fourth-order valence-electron chi connectivity index (χ4n) is 2.21. The molecule has 0 aromatic heterocycles. The Balaban J connectivity index is 0.00000289. The lowest BCUT2D eigenvalue weighted by Crippen LogP contribution is -2.44. The van der Waals surface area contributed by atoms with Crippen LogP contribution in [0.25, 0.3) is 0 Å². The molecule has 1 aliphatic rings. The van der Waals surface area contributed by atoms with Crippen LogP contribution in [-0.2, 0) is 4.79 Å². The first-order valence-electron chi connectivity index (χ1n) is 6.00. The van der Waals surface area contributed by atoms with Gasteiger partial charge in [0.05, 0.1) is 6.42 Å². The van der Waals surface area contributed by atoms with Gasteiger partial charge in [0.2, 0.25) is 5.91 Å². The molecule has 1 fully saturated rings. The SMILES string of the molecule is Cl.NCCC1CCCCN1C(=O)CCC(F)(F)F. The van der Waals surface area contributed by atoms with E-state index < -0.39 is 19.0 Å². The quantitative estimate of drug-likeness (QED) is 0.864. The number of halogens is 4. The summed E-state index contributed by atoms with van der Waals surface area (Å²) in [6, 6.07) is 0.0366. The summed E-state index contributed by atoms with van der Waals surface area (Å²) < 4.78 is 36.1. The molecule has 1 amide bonds. The van der Waals surface area contributed by atoms with Gasteiger partial charge in [-0.25, -0.2) is 0 Å². The fraction of sp³-hybridized carbons (Fsp3) is 0.909. The predicted molar refractivity (Wildman–Crippen MR) is 65.6 cm³/mol. The molecule has 1 rings (SSSR count). The highest BCUT2D eigenvalue weighted by Crippen LogP contribution is 2.25. The van der Waals surface area contributed by atoms with Crippen LogP contribution in [0.1, 0.15) is 38.5 Å². The number of carbonyl (C=O) groups is 1. The number of alkyl halides is 3. The van der Waals surface area contributed by atoms with Gasteiger partial charge < -0.3 is 10.6 Å². The molecule has 0 spiro atoms. The molecule has 1 saturated heterocycles. The Morgan fingerprint density at radius 3 is 2.56 bits per heavy atom. The molecular weight excluding hydrogens is 269 g/mol. The molecule has 2 N–H and O–H groups in total. The van der Waals surface area contributed by atoms with Crippen LogP contribution in [0.15, 0.2) is 0 Å². The standard InChI is InChI=1S/C11H19F3N2O.ClH/c12-11(13,14)6-4-10(17)16-8-2-1-3-9(16)5-7-15;/h9H,1-8,15H2;1H. The molecule has 18 heavy (non-hydrogen) atoms. The molecule has 1 unspecified atom stereocenters. The van der Waals surface area contributed by atoms with E-state index in [-0.39, 0.29) is 24.4 Å². The smallest absolute Gasteiger partial charge is 0.340 e. The van der Waals surface area contributed by atoms with Crippen molar-refractivity contribution in [3.63, 3.8) is 0 Å². The van der Waals surface area contributed by atoms with Gasteiger partial charge >= 0.3 is 6.18 Å². The average molecular weight is 289 g/mol. The molecule has 3 nitrogen and oxygen atoms in total. The van der Waals surface area contributed by atoms with Crippen molar-refractivity contribution >= 4 is 18.3 Å². The molecule has 108 valence electrons. The summed E-state index contributed by atoms with van der Waals surface area (Å²) in [5.41, 5.74) is 5.45. The van der Waals surface area contributed by atoms with Crippen molar-refractivity contribution < 1.29 is 18.0 Å². The van der Waals surface area contributed by atoms with Gasteiger partial charge in [0.25, 0.3) is 0 Å². The van der Waals surface area contributed by atoms with E-state index in [0.717, 1.165) is 19.3 Å². The first kappa shape index (κ1) is 17.5. The van der Waals surface area contributed by atoms with Crippen molar-refractivity contribution in [3.8, 4) is 0 Å². The number of rotatable bonds is 4. The molecule has 7 heteroatoms. The van der Waals surface area contributed by atoms with Crippen LogP contribution < -0.4 is 5.73 Å². The summed E-state index contributed by atoms with van der Waals surface area (Å²) in [6.07, 6.45) is -2.30. The van der Waals surface area contributed by atoms with Gasteiger partial charge in [-0.15, -0.1) is 12.4 Å². The Labute approximate surface area is 111 Å². The van der Waals surface area contributed by atoms with Crippen LogP contribution in [0.3, 0.4) is 0 Å². The third kappa shape index (κ3) is 5.91. The van der Waals surface area contributed by atoms with E-state index in [4.69, 9.17) is 5.73 Å². The van der Waals surface area contributed by atoms with E-state index in [9.17, 15) is 18.0 Å². The minimum absolute atomic E-state index is 0. The van der Waals surface area contributed by atoms with E-state index in [2.05, 4.69) is 0 Å². The Morgan fingerprint density at radius 2 is 2.00 bits per heavy atom. The molecule has 0 aliphatic carbocycles. The van der Waals surface area contributed by atoms with Gasteiger partial charge in [-0.2, -0.15) is 13.2 Å². The summed E-state index contributed by atoms with van der Waals surface area (Å²) in [5.74, 6) is -0.388. The molecular formula is C11H20ClF3N2O. The zero-order valence-corrected chi connectivity index (χ0v) is 11.0. The lowest BCUT2D eigenvalue weighted by atomic mass is 9.98. The van der Waals surface area contributed by atoms with Crippen LogP contribution in [-0.4, -0.2) is 36.1 Å². The number of hydrogen-bond acceptors (Lipinski definition) is 2. The Kier molecular flexibility index (Phi) is 7.62. The number of piperidine rings is 1. The van der Waals surface area contributed by atoms with Crippen LogP contribution in [0.5, 0.6) is 0 Å². The number of amides is 1. The average Bonchev–Trinajstić information content (AvgIpc) is 2.26. The second kappa shape index (κ2) is 7.84. The Hall–Kier alpha value is -0.490. The Morgan fingerprint density at radius 1 is 1.33 bits per heavy atom. The molecule has 0 saturated carbocycles. The van der Waals surface area contributed by atoms with Crippen LogP contribution in [0, 0.1) is 0 Å². The van der Waals surface area contributed by atoms with Gasteiger partial charge in [-0.05, 0) is 32.2 Å². The first-order chi connectivity index (χ1) is 7.94. The minimum atomic E-state index is -4.26. The lowest BCUT2D eigenvalue weighted by Gasteiger charge is -2.36. The number of nitrogens with two attached hydrogens (primary N) is 1. The second-order valence-corrected chi connectivity index (χ2v) is 4.43. The summed E-state index contributed by atoms with van der Waals surface area (Å²) in [6.45, 7) is 1.04. The zero-order valence-electron chi connectivity index (χ0n) is 10.2.